The van der Waals surface area contributed by atoms with Gasteiger partial charge in [0.2, 0.25) is 5.88 Å². The Bertz CT molecular complexity index is 1580. The summed E-state index contributed by atoms with van der Waals surface area (Å²) in [4.78, 5) is 16.7. The molecule has 3 heterocycles. The molecule has 5 rings (SSSR count). The molecule has 11 heteroatoms. The van der Waals surface area contributed by atoms with Gasteiger partial charge in [-0.05, 0) is 61.3 Å². The number of benzene rings is 2. The Labute approximate surface area is 269 Å². The summed E-state index contributed by atoms with van der Waals surface area (Å²) in [6, 6.07) is 13.2. The molecule has 228 valence electrons. The van der Waals surface area contributed by atoms with Crippen molar-refractivity contribution in [3.63, 3.8) is 0 Å². The van der Waals surface area contributed by atoms with E-state index in [-0.39, 0.29) is 6.10 Å². The summed E-state index contributed by atoms with van der Waals surface area (Å²) < 4.78 is 19.3. The number of carbonyl (C=O) groups is 1. The molecule has 0 spiro atoms. The molecule has 1 saturated heterocycles. The first-order valence-corrected chi connectivity index (χ1v) is 16.0. The van der Waals surface area contributed by atoms with Crippen LogP contribution in [-0.2, 0) is 4.74 Å². The first kappa shape index (κ1) is 31.1. The van der Waals surface area contributed by atoms with Gasteiger partial charge >= 0.3 is 0 Å². The fraction of sp³-hybridized carbons (Fsp3) is 0.344. The minimum absolute atomic E-state index is 0.00869. The van der Waals surface area contributed by atoms with Crippen LogP contribution >= 0.6 is 38.9 Å². The van der Waals surface area contributed by atoms with E-state index in [9.17, 15) is 9.90 Å². The van der Waals surface area contributed by atoms with Crippen molar-refractivity contribution < 1.29 is 24.1 Å². The van der Waals surface area contributed by atoms with Crippen LogP contribution in [0.15, 0.2) is 71.4 Å². The topological polar surface area (TPSA) is 97.5 Å². The molecule has 0 unspecified atom stereocenters. The van der Waals surface area contributed by atoms with Gasteiger partial charge in [-0.1, -0.05) is 36.4 Å². The van der Waals surface area contributed by atoms with Crippen molar-refractivity contribution in [2.45, 2.75) is 58.3 Å². The zero-order chi connectivity index (χ0) is 31.1. The minimum atomic E-state index is -0.621. The van der Waals surface area contributed by atoms with Crippen molar-refractivity contribution >= 4 is 55.5 Å². The van der Waals surface area contributed by atoms with E-state index in [0.717, 1.165) is 47.2 Å². The number of aryl methyl sites for hydroxylation is 1. The van der Waals surface area contributed by atoms with Gasteiger partial charge in [0.05, 0.1) is 10.2 Å². The number of halogens is 2. The number of carbonyl (C=O) groups excluding carboxylic acids is 1. The van der Waals surface area contributed by atoms with Gasteiger partial charge in [-0.15, -0.1) is 11.3 Å². The normalized spacial score (nSPS) is 17.1. The molecule has 8 nitrogen and oxygen atoms in total. The molecule has 2 aromatic carbocycles. The molecule has 2 aliphatic rings. The molecule has 1 atom stereocenters. The third-order valence-electron chi connectivity index (χ3n) is 7.63. The monoisotopic (exact) mass is 687 g/mol. The van der Waals surface area contributed by atoms with E-state index in [4.69, 9.17) is 31.5 Å². The number of rotatable bonds is 10. The lowest BCUT2D eigenvalue weighted by atomic mass is 10.0. The Kier molecular flexibility index (Phi) is 8.92. The third-order valence-corrected chi connectivity index (χ3v) is 9.73. The maximum Gasteiger partial charge on any atom is 0.262 e. The molecule has 1 amide bonds. The Balaban J connectivity index is 1.35. The second kappa shape index (κ2) is 12.3. The van der Waals surface area contributed by atoms with Gasteiger partial charge in [0.1, 0.15) is 33.6 Å². The Hall–Kier alpha value is -3.34. The highest BCUT2D eigenvalue weighted by Gasteiger charge is 2.43. The van der Waals surface area contributed by atoms with Crippen molar-refractivity contribution in [3.8, 4) is 11.5 Å². The van der Waals surface area contributed by atoms with Crippen LogP contribution in [0.3, 0.4) is 0 Å². The van der Waals surface area contributed by atoms with Crippen molar-refractivity contribution in [1.82, 2.24) is 4.90 Å². The van der Waals surface area contributed by atoms with E-state index >= 15 is 0 Å². The van der Waals surface area contributed by atoms with E-state index in [0.29, 0.717) is 38.0 Å². The largest absolute Gasteiger partial charge is 0.504 e. The summed E-state index contributed by atoms with van der Waals surface area (Å²) in [5, 5.41) is 11.6. The third kappa shape index (κ3) is 6.32. The van der Waals surface area contributed by atoms with Crippen LogP contribution < -0.4 is 20.1 Å². The predicted molar refractivity (Wildman–Crippen MR) is 175 cm³/mol. The van der Waals surface area contributed by atoms with Crippen LogP contribution in [0.25, 0.3) is 0 Å². The first-order valence-electron chi connectivity index (χ1n) is 14.0. The van der Waals surface area contributed by atoms with Crippen LogP contribution in [0.5, 0.6) is 11.5 Å². The average molecular weight is 689 g/mol. The molecule has 1 fully saturated rings. The number of amides is 1. The number of thiophene rings is 1. The number of piperidine rings is 1. The number of aliphatic hydroxyl groups is 1. The molecule has 0 radical (unpaired) electrons. The summed E-state index contributed by atoms with van der Waals surface area (Å²) >= 11 is 11.3. The summed E-state index contributed by atoms with van der Waals surface area (Å²) in [5.41, 5.74) is 7.76. The van der Waals surface area contributed by atoms with Gasteiger partial charge in [0.15, 0.2) is 11.4 Å². The number of primary amides is 1. The zero-order valence-corrected chi connectivity index (χ0v) is 27.7. The van der Waals surface area contributed by atoms with Gasteiger partial charge in [-0.2, -0.15) is 0 Å². The number of ether oxygens (including phenoxy) is 3. The van der Waals surface area contributed by atoms with Crippen LogP contribution in [0.2, 0.25) is 5.02 Å². The lowest BCUT2D eigenvalue weighted by molar-refractivity contribution is -0.0927. The molecular formula is C32H35BrClN3O5S. The number of nitrogens with two attached hydrogens (primary N) is 1. The predicted octanol–water partition coefficient (Wildman–Crippen LogP) is 8.37. The highest BCUT2D eigenvalue weighted by molar-refractivity contribution is 9.10. The first-order chi connectivity index (χ1) is 20.4. The molecule has 2 aliphatic heterocycles. The van der Waals surface area contributed by atoms with Gasteiger partial charge in [-0.25, -0.2) is 0 Å². The number of aliphatic hydroxyl groups excluding tert-OH is 1. The molecule has 43 heavy (non-hydrogen) atoms. The maximum absolute atomic E-state index is 12.4. The molecule has 3 N–H and O–H groups in total. The van der Waals surface area contributed by atoms with E-state index in [1.165, 1.54) is 11.3 Å². The number of hydrogen-bond acceptors (Lipinski definition) is 8. The molecule has 0 aliphatic carbocycles. The van der Waals surface area contributed by atoms with Crippen molar-refractivity contribution in [3.05, 3.63) is 92.4 Å². The number of anilines is 2. The fourth-order valence-electron chi connectivity index (χ4n) is 5.22. The molecule has 1 aromatic heterocycles. The Morgan fingerprint density at radius 2 is 1.98 bits per heavy atom. The molecule has 3 aromatic rings. The summed E-state index contributed by atoms with van der Waals surface area (Å²) in [6.45, 7) is 13.1. The highest BCUT2D eigenvalue weighted by atomic mass is 79.9. The summed E-state index contributed by atoms with van der Waals surface area (Å²) in [6.07, 6.45) is 2.83. The lowest BCUT2D eigenvalue weighted by Crippen LogP contribution is -2.48. The summed E-state index contributed by atoms with van der Waals surface area (Å²) in [5.74, 6) is 1.36. The SMILES string of the molecule is C=CN(c1cc(O[C@H](C)c2ccccc2Cl)c(C(N)=O)s1)c1cc(OC2CCN(C3=C(O)C(C)(C)O3)CC2)c(Br)cc1C. The van der Waals surface area contributed by atoms with E-state index in [1.54, 1.807) is 18.3 Å². The molecule has 0 saturated carbocycles. The van der Waals surface area contributed by atoms with Crippen molar-refractivity contribution in [1.29, 1.82) is 0 Å². The molecular weight excluding hydrogens is 654 g/mol. The number of hydrogen-bond donors (Lipinski definition) is 2. The lowest BCUT2D eigenvalue weighted by Gasteiger charge is -2.44. The Morgan fingerprint density at radius 3 is 2.58 bits per heavy atom. The maximum atomic E-state index is 12.4. The number of nitrogens with zero attached hydrogens (tertiary/aromatic N) is 2. The standard InChI is InChI=1S/C32H35BrClN3O5S/c1-6-37(27-17-26(28(43-27)30(35)39)40-19(3)21-9-7-8-10-23(21)34)24-16-25(22(33)15-18(24)2)41-20-11-13-36(14-12-20)31-29(38)32(4,5)42-31/h6-10,15-17,19-20,38H,1,11-14H2,2-5H3,(H2,35,39)/t19-/m1/s1. The van der Waals surface area contributed by atoms with Gasteiger partial charge in [-0.3, -0.25) is 4.79 Å². The second-order valence-corrected chi connectivity index (χ2v) is 13.4. The zero-order valence-electron chi connectivity index (χ0n) is 24.5. The highest BCUT2D eigenvalue weighted by Crippen LogP contribution is 2.44. The van der Waals surface area contributed by atoms with E-state index in [2.05, 4.69) is 27.4 Å². The van der Waals surface area contributed by atoms with Gasteiger partial charge in [0.25, 0.3) is 5.91 Å². The smallest absolute Gasteiger partial charge is 0.262 e. The van der Waals surface area contributed by atoms with Crippen LogP contribution in [0, 0.1) is 6.92 Å². The van der Waals surface area contributed by atoms with Crippen molar-refractivity contribution in [2.24, 2.45) is 5.73 Å². The second-order valence-electron chi connectivity index (χ2n) is 11.1. The minimum Gasteiger partial charge on any atom is -0.504 e. The van der Waals surface area contributed by atoms with Crippen molar-refractivity contribution in [2.75, 3.05) is 18.0 Å². The number of likely N-dealkylation sites (tertiary alicyclic amines) is 1. The quantitative estimate of drug-likeness (QED) is 0.221. The van der Waals surface area contributed by atoms with E-state index in [1.807, 2.05) is 62.9 Å². The Morgan fingerprint density at radius 1 is 1.28 bits per heavy atom. The van der Waals surface area contributed by atoms with Crippen LogP contribution in [0.1, 0.15) is 60.5 Å². The van der Waals surface area contributed by atoms with E-state index < -0.39 is 17.6 Å². The van der Waals surface area contributed by atoms with Crippen LogP contribution in [0.4, 0.5) is 10.7 Å². The van der Waals surface area contributed by atoms with Gasteiger partial charge in [0, 0.05) is 54.8 Å². The fourth-order valence-corrected chi connectivity index (χ4v) is 7.01. The summed E-state index contributed by atoms with van der Waals surface area (Å²) in [7, 11) is 0. The average Bonchev–Trinajstić information content (AvgIpc) is 3.38. The van der Waals surface area contributed by atoms with Gasteiger partial charge < -0.3 is 34.9 Å². The van der Waals surface area contributed by atoms with Crippen LogP contribution in [-0.4, -0.2) is 40.7 Å². The molecule has 0 bridgehead atoms.